The van der Waals surface area contributed by atoms with Crippen molar-refractivity contribution < 1.29 is 0 Å². The minimum absolute atomic E-state index is 0.00608. The van der Waals surface area contributed by atoms with Crippen molar-refractivity contribution in [3.8, 4) is 0 Å². The van der Waals surface area contributed by atoms with Gasteiger partial charge in [0.05, 0.1) is 23.2 Å². The van der Waals surface area contributed by atoms with Gasteiger partial charge in [-0.05, 0) is 12.0 Å². The fourth-order valence-corrected chi connectivity index (χ4v) is 1.97. The zero-order valence-corrected chi connectivity index (χ0v) is 8.83. The van der Waals surface area contributed by atoms with E-state index in [1.165, 1.54) is 0 Å². The van der Waals surface area contributed by atoms with Crippen molar-refractivity contribution in [2.75, 3.05) is 0 Å². The quantitative estimate of drug-likeness (QED) is 0.585. The smallest absolute Gasteiger partial charge is 0.0975 e. The second-order valence-corrected chi connectivity index (χ2v) is 4.02. The number of benzene rings is 1. The Hall–Kier alpha value is -1.81. The summed E-state index contributed by atoms with van der Waals surface area (Å²) in [6.45, 7) is 0. The van der Waals surface area contributed by atoms with E-state index in [4.69, 9.17) is 22.0 Å². The molecule has 16 heavy (non-hydrogen) atoms. The van der Waals surface area contributed by atoms with Crippen LogP contribution in [0, 0.1) is 22.1 Å². The van der Waals surface area contributed by atoms with Crippen LogP contribution in [-0.4, -0.2) is 23.2 Å². The summed E-state index contributed by atoms with van der Waals surface area (Å²) in [7, 11) is 0. The first kappa shape index (κ1) is 10.7. The highest BCUT2D eigenvalue weighted by atomic mass is 14.8. The van der Waals surface area contributed by atoms with Crippen LogP contribution < -0.4 is 5.73 Å². The molecule has 1 fully saturated rings. The summed E-state index contributed by atoms with van der Waals surface area (Å²) in [5.41, 5.74) is 7.22. The maximum Gasteiger partial charge on any atom is 0.0975 e. The van der Waals surface area contributed by atoms with Gasteiger partial charge in [-0.2, -0.15) is 0 Å². The summed E-state index contributed by atoms with van der Waals surface area (Å²) in [6, 6.07) is 9.27. The SMILES string of the molecule is N=C1C(=N)C(N)C(Cc2ccccc2)C1=N. The summed E-state index contributed by atoms with van der Waals surface area (Å²) < 4.78 is 0. The van der Waals surface area contributed by atoms with Gasteiger partial charge in [-0.25, -0.2) is 0 Å². The Morgan fingerprint density at radius 3 is 2.12 bits per heavy atom. The monoisotopic (exact) mass is 214 g/mol. The summed E-state index contributed by atoms with van der Waals surface area (Å²) in [4.78, 5) is 0. The molecule has 2 atom stereocenters. The highest BCUT2D eigenvalue weighted by Crippen LogP contribution is 2.20. The molecule has 1 aliphatic carbocycles. The molecule has 4 nitrogen and oxygen atoms in total. The van der Waals surface area contributed by atoms with E-state index in [2.05, 4.69) is 0 Å². The van der Waals surface area contributed by atoms with Gasteiger partial charge >= 0.3 is 0 Å². The predicted octanol–water partition coefficient (Wildman–Crippen LogP) is 1.25. The number of hydrogen-bond donors (Lipinski definition) is 4. The van der Waals surface area contributed by atoms with Crippen LogP contribution in [0.25, 0.3) is 0 Å². The highest BCUT2D eigenvalue weighted by Gasteiger charge is 2.38. The Balaban J connectivity index is 2.20. The number of nitrogens with two attached hydrogens (primary N) is 1. The van der Waals surface area contributed by atoms with Gasteiger partial charge in [0, 0.05) is 5.92 Å². The average molecular weight is 214 g/mol. The van der Waals surface area contributed by atoms with Gasteiger partial charge in [-0.3, -0.25) is 5.41 Å². The van der Waals surface area contributed by atoms with E-state index in [1.807, 2.05) is 30.3 Å². The molecule has 0 radical (unpaired) electrons. The molecule has 0 saturated heterocycles. The highest BCUT2D eigenvalue weighted by molar-refractivity contribution is 6.71. The van der Waals surface area contributed by atoms with Crippen LogP contribution in [0.4, 0.5) is 0 Å². The van der Waals surface area contributed by atoms with Crippen molar-refractivity contribution in [2.45, 2.75) is 12.5 Å². The lowest BCUT2D eigenvalue weighted by molar-refractivity contribution is 0.645. The Bertz CT molecular complexity index is 449. The van der Waals surface area contributed by atoms with Crippen LogP contribution in [0.2, 0.25) is 0 Å². The van der Waals surface area contributed by atoms with E-state index in [-0.39, 0.29) is 23.1 Å². The van der Waals surface area contributed by atoms with Gasteiger partial charge in [0.25, 0.3) is 0 Å². The first-order valence-electron chi connectivity index (χ1n) is 5.17. The Labute approximate surface area is 94.0 Å². The zero-order valence-electron chi connectivity index (χ0n) is 8.83. The lowest BCUT2D eigenvalue weighted by Crippen LogP contribution is -2.34. The van der Waals surface area contributed by atoms with Gasteiger partial charge in [0.15, 0.2) is 0 Å². The second-order valence-electron chi connectivity index (χ2n) is 4.02. The van der Waals surface area contributed by atoms with Crippen LogP contribution in [0.1, 0.15) is 5.56 Å². The van der Waals surface area contributed by atoms with E-state index < -0.39 is 6.04 Å². The Kier molecular flexibility index (Phi) is 2.66. The lowest BCUT2D eigenvalue weighted by Gasteiger charge is -2.14. The summed E-state index contributed by atoms with van der Waals surface area (Å²) >= 11 is 0. The molecule has 0 heterocycles. The molecule has 4 heteroatoms. The fourth-order valence-electron chi connectivity index (χ4n) is 1.97. The molecule has 82 valence electrons. The van der Waals surface area contributed by atoms with E-state index in [0.29, 0.717) is 6.42 Å². The first-order valence-corrected chi connectivity index (χ1v) is 5.17. The van der Waals surface area contributed by atoms with Crippen molar-refractivity contribution in [3.05, 3.63) is 35.9 Å². The molecule has 0 aromatic heterocycles. The minimum Gasteiger partial charge on any atom is -0.322 e. The fraction of sp³-hybridized carbons (Fsp3) is 0.250. The maximum atomic E-state index is 7.78. The topological polar surface area (TPSA) is 97.6 Å². The molecule has 1 aromatic carbocycles. The van der Waals surface area contributed by atoms with Crippen LogP contribution in [0.5, 0.6) is 0 Å². The number of hydrogen-bond acceptors (Lipinski definition) is 4. The third kappa shape index (κ3) is 1.67. The van der Waals surface area contributed by atoms with Crippen molar-refractivity contribution in [1.82, 2.24) is 0 Å². The third-order valence-corrected chi connectivity index (χ3v) is 2.97. The van der Waals surface area contributed by atoms with Crippen LogP contribution in [0.3, 0.4) is 0 Å². The first-order chi connectivity index (χ1) is 7.61. The van der Waals surface area contributed by atoms with Crippen molar-refractivity contribution in [3.63, 3.8) is 0 Å². The van der Waals surface area contributed by atoms with Crippen molar-refractivity contribution in [2.24, 2.45) is 11.7 Å². The lowest BCUT2D eigenvalue weighted by atomic mass is 9.94. The minimum atomic E-state index is -0.500. The second kappa shape index (κ2) is 3.98. The molecule has 2 unspecified atom stereocenters. The van der Waals surface area contributed by atoms with E-state index >= 15 is 0 Å². The Morgan fingerprint density at radius 2 is 1.62 bits per heavy atom. The molecule has 1 saturated carbocycles. The maximum absolute atomic E-state index is 7.78. The third-order valence-electron chi connectivity index (χ3n) is 2.97. The molecule has 1 aliphatic rings. The van der Waals surface area contributed by atoms with E-state index in [1.54, 1.807) is 0 Å². The van der Waals surface area contributed by atoms with Gasteiger partial charge in [0.1, 0.15) is 0 Å². The standard InChI is InChI=1S/C12H14N4/c13-9-8(10(14)12(16)11(9)15)6-7-4-2-1-3-5-7/h1-5,8-9,14-16H,6,13H2. The van der Waals surface area contributed by atoms with Crippen LogP contribution in [0.15, 0.2) is 30.3 Å². The summed E-state index contributed by atoms with van der Waals surface area (Å²) in [5, 5.41) is 22.9. The van der Waals surface area contributed by atoms with Gasteiger partial charge in [-0.1, -0.05) is 30.3 Å². The molecule has 0 bridgehead atoms. The van der Waals surface area contributed by atoms with E-state index in [9.17, 15) is 0 Å². The molecule has 5 N–H and O–H groups in total. The molecular formula is C12H14N4. The van der Waals surface area contributed by atoms with Crippen LogP contribution >= 0.6 is 0 Å². The normalized spacial score (nSPS) is 25.2. The summed E-state index contributed by atoms with van der Waals surface area (Å²) in [6.07, 6.45) is 0.631. The van der Waals surface area contributed by atoms with E-state index in [0.717, 1.165) is 5.56 Å². The molecule has 1 aromatic rings. The van der Waals surface area contributed by atoms with Gasteiger partial charge < -0.3 is 16.6 Å². The molecular weight excluding hydrogens is 200 g/mol. The van der Waals surface area contributed by atoms with Crippen molar-refractivity contribution in [1.29, 1.82) is 16.2 Å². The predicted molar refractivity (Wildman–Crippen MR) is 64.8 cm³/mol. The molecule has 0 spiro atoms. The largest absolute Gasteiger partial charge is 0.322 e. The van der Waals surface area contributed by atoms with Crippen molar-refractivity contribution >= 4 is 17.1 Å². The van der Waals surface area contributed by atoms with Gasteiger partial charge in [-0.15, -0.1) is 0 Å². The number of nitrogens with one attached hydrogen (secondary N) is 3. The average Bonchev–Trinajstić information content (AvgIpc) is 2.48. The molecule has 2 rings (SSSR count). The zero-order chi connectivity index (χ0) is 11.7. The molecule has 0 aliphatic heterocycles. The van der Waals surface area contributed by atoms with Gasteiger partial charge in [0.2, 0.25) is 0 Å². The Morgan fingerprint density at radius 1 is 1.00 bits per heavy atom. The molecule has 0 amide bonds. The summed E-state index contributed by atoms with van der Waals surface area (Å²) in [5.74, 6) is -0.220. The van der Waals surface area contributed by atoms with Crippen LogP contribution in [-0.2, 0) is 6.42 Å². The number of rotatable bonds is 2.